The fraction of sp³-hybridized carbons (Fsp3) is 0.889. The van der Waals surface area contributed by atoms with Gasteiger partial charge in [0.1, 0.15) is 4.75 Å². The van der Waals surface area contributed by atoms with Crippen molar-refractivity contribution in [3.8, 4) is 0 Å². The first kappa shape index (κ1) is 11.8. The number of thioether (sulfide) groups is 1. The molecule has 0 saturated carbocycles. The van der Waals surface area contributed by atoms with E-state index in [9.17, 15) is 4.79 Å². The van der Waals surface area contributed by atoms with Crippen molar-refractivity contribution in [3.05, 3.63) is 0 Å². The van der Waals surface area contributed by atoms with E-state index in [4.69, 9.17) is 5.11 Å². The van der Waals surface area contributed by atoms with Crippen LogP contribution in [0.15, 0.2) is 0 Å². The number of carboxylic acids is 1. The minimum Gasteiger partial charge on any atom is -0.480 e. The van der Waals surface area contributed by atoms with Gasteiger partial charge < -0.3 is 5.11 Å². The van der Waals surface area contributed by atoms with Gasteiger partial charge in [0.05, 0.1) is 0 Å². The maximum atomic E-state index is 10.9. The molecule has 0 aromatic carbocycles. The predicted octanol–water partition coefficient (Wildman–Crippen LogP) is 2.63. The number of rotatable bonds is 5. The molecule has 72 valence electrons. The van der Waals surface area contributed by atoms with Crippen molar-refractivity contribution in [2.75, 3.05) is 5.75 Å². The number of carbonyl (C=O) groups is 1. The van der Waals surface area contributed by atoms with E-state index in [0.29, 0.717) is 5.92 Å². The Labute approximate surface area is 78.7 Å². The smallest absolute Gasteiger partial charge is 0.319 e. The van der Waals surface area contributed by atoms with Crippen LogP contribution >= 0.6 is 11.8 Å². The van der Waals surface area contributed by atoms with Crippen LogP contribution in [-0.4, -0.2) is 21.6 Å². The van der Waals surface area contributed by atoms with Gasteiger partial charge >= 0.3 is 5.97 Å². The van der Waals surface area contributed by atoms with Gasteiger partial charge in [-0.1, -0.05) is 20.8 Å². The first-order valence-electron chi connectivity index (χ1n) is 4.29. The maximum absolute atomic E-state index is 10.9. The lowest BCUT2D eigenvalue weighted by Gasteiger charge is -2.25. The molecule has 0 fully saturated rings. The van der Waals surface area contributed by atoms with Crippen LogP contribution in [0.4, 0.5) is 0 Å². The van der Waals surface area contributed by atoms with Gasteiger partial charge in [-0.15, -0.1) is 11.8 Å². The van der Waals surface area contributed by atoms with E-state index in [1.807, 2.05) is 13.8 Å². The molecule has 0 aromatic rings. The molecule has 12 heavy (non-hydrogen) atoms. The van der Waals surface area contributed by atoms with E-state index in [1.165, 1.54) is 11.8 Å². The van der Waals surface area contributed by atoms with E-state index in [-0.39, 0.29) is 0 Å². The van der Waals surface area contributed by atoms with Crippen molar-refractivity contribution in [2.45, 2.75) is 38.9 Å². The van der Waals surface area contributed by atoms with E-state index in [0.717, 1.165) is 12.2 Å². The van der Waals surface area contributed by atoms with Crippen molar-refractivity contribution < 1.29 is 9.90 Å². The largest absolute Gasteiger partial charge is 0.480 e. The molecule has 0 bridgehead atoms. The molecule has 1 atom stereocenters. The summed E-state index contributed by atoms with van der Waals surface area (Å²) in [6, 6.07) is 0. The summed E-state index contributed by atoms with van der Waals surface area (Å²) in [5.41, 5.74) is 0. The molecule has 0 aromatic heterocycles. The average Bonchev–Trinajstić information content (AvgIpc) is 1.85. The predicted molar refractivity (Wildman–Crippen MR) is 53.6 cm³/mol. The molecule has 0 rings (SSSR count). The van der Waals surface area contributed by atoms with Gasteiger partial charge in [0.2, 0.25) is 0 Å². The molecule has 0 saturated heterocycles. The van der Waals surface area contributed by atoms with E-state index < -0.39 is 10.7 Å². The molecule has 0 aliphatic rings. The molecule has 0 heterocycles. The lowest BCUT2D eigenvalue weighted by atomic mass is 9.98. The zero-order valence-electron chi connectivity index (χ0n) is 8.26. The summed E-state index contributed by atoms with van der Waals surface area (Å²) in [7, 11) is 0. The third-order valence-electron chi connectivity index (χ3n) is 1.71. The molecular formula is C9H18O2S. The SMILES string of the molecule is CCSC(C)(CC(C)C)C(=O)O. The first-order chi connectivity index (χ1) is 5.42. The summed E-state index contributed by atoms with van der Waals surface area (Å²) in [5.74, 6) is 0.600. The van der Waals surface area contributed by atoms with Gasteiger partial charge in [-0.2, -0.15) is 0 Å². The Hall–Kier alpha value is -0.180. The van der Waals surface area contributed by atoms with Crippen LogP contribution in [-0.2, 0) is 4.79 Å². The van der Waals surface area contributed by atoms with Crippen LogP contribution in [0, 0.1) is 5.92 Å². The second kappa shape index (κ2) is 4.75. The third-order valence-corrected chi connectivity index (χ3v) is 2.98. The molecule has 1 unspecified atom stereocenters. The van der Waals surface area contributed by atoms with Crippen molar-refractivity contribution in [2.24, 2.45) is 5.92 Å². The fourth-order valence-electron chi connectivity index (χ4n) is 1.31. The van der Waals surface area contributed by atoms with Crippen LogP contribution in [0.2, 0.25) is 0 Å². The van der Waals surface area contributed by atoms with E-state index in [1.54, 1.807) is 0 Å². The van der Waals surface area contributed by atoms with Crippen LogP contribution < -0.4 is 0 Å². The molecular weight excluding hydrogens is 172 g/mol. The highest BCUT2D eigenvalue weighted by Crippen LogP contribution is 2.31. The van der Waals surface area contributed by atoms with Crippen LogP contribution in [0.3, 0.4) is 0 Å². The van der Waals surface area contributed by atoms with Gasteiger partial charge in [0.15, 0.2) is 0 Å². The Morgan fingerprint density at radius 2 is 2.08 bits per heavy atom. The Balaban J connectivity index is 4.28. The molecule has 0 spiro atoms. The van der Waals surface area contributed by atoms with Gasteiger partial charge in [0.25, 0.3) is 0 Å². The Morgan fingerprint density at radius 3 is 2.33 bits per heavy atom. The maximum Gasteiger partial charge on any atom is 0.319 e. The van der Waals surface area contributed by atoms with Gasteiger partial charge in [0, 0.05) is 0 Å². The number of hydrogen-bond acceptors (Lipinski definition) is 2. The van der Waals surface area contributed by atoms with Gasteiger partial charge in [-0.3, -0.25) is 4.79 Å². The van der Waals surface area contributed by atoms with Crippen LogP contribution in [0.5, 0.6) is 0 Å². The van der Waals surface area contributed by atoms with Gasteiger partial charge in [-0.25, -0.2) is 0 Å². The highest BCUT2D eigenvalue weighted by molar-refractivity contribution is 8.01. The minimum atomic E-state index is -0.692. The molecule has 0 aliphatic carbocycles. The summed E-state index contributed by atoms with van der Waals surface area (Å²) in [4.78, 5) is 10.9. The molecule has 2 nitrogen and oxygen atoms in total. The summed E-state index contributed by atoms with van der Waals surface area (Å²) < 4.78 is -0.594. The Kier molecular flexibility index (Phi) is 4.68. The lowest BCUT2D eigenvalue weighted by Crippen LogP contribution is -2.33. The quantitative estimate of drug-likeness (QED) is 0.724. The summed E-state index contributed by atoms with van der Waals surface area (Å²) in [6.45, 7) is 7.91. The number of aliphatic carboxylic acids is 1. The first-order valence-corrected chi connectivity index (χ1v) is 5.28. The second-order valence-corrected chi connectivity index (χ2v) is 5.33. The highest BCUT2D eigenvalue weighted by atomic mass is 32.2. The molecule has 0 aliphatic heterocycles. The van der Waals surface area contributed by atoms with Crippen molar-refractivity contribution in [1.82, 2.24) is 0 Å². The van der Waals surface area contributed by atoms with Crippen molar-refractivity contribution in [3.63, 3.8) is 0 Å². The Bertz CT molecular complexity index is 157. The number of hydrogen-bond donors (Lipinski definition) is 1. The summed E-state index contributed by atoms with van der Waals surface area (Å²) >= 11 is 1.52. The fourth-order valence-corrected chi connectivity index (χ4v) is 2.52. The topological polar surface area (TPSA) is 37.3 Å². The molecule has 0 radical (unpaired) electrons. The lowest BCUT2D eigenvalue weighted by molar-refractivity contribution is -0.139. The van der Waals surface area contributed by atoms with E-state index >= 15 is 0 Å². The monoisotopic (exact) mass is 190 g/mol. The normalized spacial score (nSPS) is 16.1. The third kappa shape index (κ3) is 3.48. The van der Waals surface area contributed by atoms with Gasteiger partial charge in [-0.05, 0) is 25.0 Å². The Morgan fingerprint density at radius 1 is 1.58 bits per heavy atom. The summed E-state index contributed by atoms with van der Waals surface area (Å²) in [5, 5.41) is 8.99. The average molecular weight is 190 g/mol. The van der Waals surface area contributed by atoms with E-state index in [2.05, 4.69) is 13.8 Å². The molecule has 1 N–H and O–H groups in total. The van der Waals surface area contributed by atoms with Crippen molar-refractivity contribution >= 4 is 17.7 Å². The van der Waals surface area contributed by atoms with Crippen LogP contribution in [0.25, 0.3) is 0 Å². The standard InChI is InChI=1S/C9H18O2S/c1-5-12-9(4,8(10)11)6-7(2)3/h7H,5-6H2,1-4H3,(H,10,11). The molecule has 3 heteroatoms. The zero-order chi connectivity index (χ0) is 9.78. The minimum absolute atomic E-state index is 0.435. The number of carboxylic acid groups (broad SMARTS) is 1. The summed E-state index contributed by atoms with van der Waals surface area (Å²) in [6.07, 6.45) is 0.737. The van der Waals surface area contributed by atoms with Crippen molar-refractivity contribution in [1.29, 1.82) is 0 Å². The second-order valence-electron chi connectivity index (χ2n) is 3.57. The highest BCUT2D eigenvalue weighted by Gasteiger charge is 2.33. The molecule has 0 amide bonds. The zero-order valence-corrected chi connectivity index (χ0v) is 9.07. The van der Waals surface area contributed by atoms with Crippen LogP contribution in [0.1, 0.15) is 34.1 Å².